The number of amides is 1. The van der Waals surface area contributed by atoms with Crippen LogP contribution in [0, 0.1) is 17.8 Å². The first-order valence-electron chi connectivity index (χ1n) is 21.7. The number of ketones is 1. The van der Waals surface area contributed by atoms with Crippen LogP contribution in [-0.2, 0) is 26.6 Å². The zero-order valence-electron chi connectivity index (χ0n) is 35.6. The van der Waals surface area contributed by atoms with Gasteiger partial charge >= 0.3 is 7.12 Å². The summed E-state index contributed by atoms with van der Waals surface area (Å²) in [5, 5.41) is 19.6. The Balaban J connectivity index is 1.13. The van der Waals surface area contributed by atoms with E-state index in [1.165, 1.54) is 18.1 Å². The van der Waals surface area contributed by atoms with Crippen LogP contribution in [0.5, 0.6) is 5.75 Å². The Bertz CT molecular complexity index is 2300. The van der Waals surface area contributed by atoms with Crippen molar-refractivity contribution in [3.63, 3.8) is 0 Å². The highest BCUT2D eigenvalue weighted by Crippen LogP contribution is 2.49. The average Bonchev–Trinajstić information content (AvgIpc) is 3.37. The second-order valence-electron chi connectivity index (χ2n) is 18.2. The van der Waals surface area contributed by atoms with Crippen molar-refractivity contribution in [2.24, 2.45) is 17.8 Å². The third-order valence-electron chi connectivity index (χ3n) is 14.5. The third kappa shape index (κ3) is 8.60. The first-order chi connectivity index (χ1) is 29.1. The lowest BCUT2D eigenvalue weighted by atomic mass is 9.63. The molecule has 12 nitrogen and oxygen atoms in total. The van der Waals surface area contributed by atoms with E-state index >= 15 is 0 Å². The number of anilines is 2. The SMILES string of the molecule is CO[C@@]1(CN2CCN(c3ccc(B(O)O)c(C(C)=O)c3)CC2)/C=C\C[C@H](C)[C@@H](C)S(=O)(=O)NC(=O)c2ccc3c(c2)N(C[C@@H]2CC[C@H]21)C[C@@]1(CCCc2cc(Cl)ccc21)CO3. The number of carbonyl (C=O) groups is 2. The fourth-order valence-corrected chi connectivity index (χ4v) is 12.1. The maximum Gasteiger partial charge on any atom is 0.489 e. The van der Waals surface area contributed by atoms with Crippen molar-refractivity contribution >= 4 is 57.3 Å². The quantitative estimate of drug-likeness (QED) is 0.175. The topological polar surface area (TPSA) is 149 Å². The van der Waals surface area contributed by atoms with Crippen LogP contribution in [-0.4, -0.2) is 113 Å². The van der Waals surface area contributed by atoms with Gasteiger partial charge in [-0.05, 0) is 129 Å². The lowest BCUT2D eigenvalue weighted by Crippen LogP contribution is -2.59. The summed E-state index contributed by atoms with van der Waals surface area (Å²) in [4.78, 5) is 33.2. The van der Waals surface area contributed by atoms with Gasteiger partial charge in [0.15, 0.2) is 5.78 Å². The molecule has 3 aliphatic heterocycles. The van der Waals surface area contributed by atoms with Gasteiger partial charge in [-0.25, -0.2) is 13.1 Å². The van der Waals surface area contributed by atoms with Crippen LogP contribution in [0.15, 0.2) is 66.7 Å². The van der Waals surface area contributed by atoms with Gasteiger partial charge < -0.3 is 29.3 Å². The molecule has 61 heavy (non-hydrogen) atoms. The summed E-state index contributed by atoms with van der Waals surface area (Å²) < 4.78 is 43.2. The Labute approximate surface area is 365 Å². The molecule has 0 aromatic heterocycles. The number of hydrogen-bond acceptors (Lipinski definition) is 11. The van der Waals surface area contributed by atoms with E-state index in [9.17, 15) is 28.1 Å². The summed E-state index contributed by atoms with van der Waals surface area (Å²) in [6, 6.07) is 16.7. The first kappa shape index (κ1) is 43.7. The molecular weight excluding hydrogens is 815 g/mol. The van der Waals surface area contributed by atoms with Crippen molar-refractivity contribution in [1.29, 1.82) is 0 Å². The largest absolute Gasteiger partial charge is 0.490 e. The fourth-order valence-electron chi connectivity index (χ4n) is 10.6. The lowest BCUT2D eigenvalue weighted by molar-refractivity contribution is -0.0919. The van der Waals surface area contributed by atoms with Gasteiger partial charge in [0.2, 0.25) is 10.0 Å². The second kappa shape index (κ2) is 17.3. The number of sulfonamides is 1. The Morgan fingerprint density at radius 3 is 2.52 bits per heavy atom. The maximum absolute atomic E-state index is 13.7. The van der Waals surface area contributed by atoms with E-state index in [2.05, 4.69) is 43.7 Å². The molecule has 0 radical (unpaired) electrons. The number of allylic oxidation sites excluding steroid dienone is 1. The monoisotopic (exact) mass is 872 g/mol. The van der Waals surface area contributed by atoms with Crippen LogP contribution in [0.2, 0.25) is 5.02 Å². The molecular formula is C46H58BClN4O8S. The predicted molar refractivity (Wildman–Crippen MR) is 240 cm³/mol. The van der Waals surface area contributed by atoms with Crippen LogP contribution in [0.3, 0.4) is 0 Å². The summed E-state index contributed by atoms with van der Waals surface area (Å²) in [6.07, 6.45) is 9.60. The van der Waals surface area contributed by atoms with Crippen LogP contribution in [0.1, 0.15) is 84.7 Å². The summed E-state index contributed by atoms with van der Waals surface area (Å²) in [6.45, 7) is 10.4. The van der Waals surface area contributed by atoms with Gasteiger partial charge in [0.1, 0.15) is 11.4 Å². The summed E-state index contributed by atoms with van der Waals surface area (Å²) in [5.74, 6) is -0.0953. The normalized spacial score (nSPS) is 29.6. The van der Waals surface area contributed by atoms with E-state index in [-0.39, 0.29) is 40.0 Å². The third-order valence-corrected chi connectivity index (χ3v) is 16.7. The van der Waals surface area contributed by atoms with Gasteiger partial charge in [-0.3, -0.25) is 14.5 Å². The van der Waals surface area contributed by atoms with E-state index in [1.807, 2.05) is 25.1 Å². The molecule has 3 heterocycles. The van der Waals surface area contributed by atoms with Gasteiger partial charge in [-0.15, -0.1) is 0 Å². The number of carbonyl (C=O) groups excluding carboxylic acids is 2. The van der Waals surface area contributed by atoms with Crippen LogP contribution < -0.4 is 24.7 Å². The molecule has 1 saturated carbocycles. The number of halogens is 1. The molecule has 1 spiro atoms. The standard InChI is InChI=1S/C46H58BClN4O8S/c1-30-7-5-18-46(59-4,28-50-19-21-51(22-20-50)37-12-15-41(47(55)56)38(25-37)31(2)53)40-13-9-35(40)26-52-27-45(17-6-8-33-23-36(48)11-14-39(33)45)29-60-43-16-10-34(24-42(43)52)44(54)49-61(57,58)32(30)3/h5,10-12,14-16,18,23-25,30,32,35,40,55-56H,6-9,13,17,19-22,26-29H2,1-4H3,(H,49,54)/b18-5-/t30-,32+,35-,40+,45-,46+/m0/s1. The molecule has 3 aromatic rings. The molecule has 8 rings (SSSR count). The molecule has 3 N–H and O–H groups in total. The Morgan fingerprint density at radius 2 is 1.82 bits per heavy atom. The van der Waals surface area contributed by atoms with Crippen molar-refractivity contribution in [2.45, 2.75) is 75.6 Å². The van der Waals surface area contributed by atoms with Gasteiger partial charge in [0.25, 0.3) is 5.91 Å². The van der Waals surface area contributed by atoms with Gasteiger partial charge in [0.05, 0.1) is 17.5 Å². The van der Waals surface area contributed by atoms with E-state index < -0.39 is 33.9 Å². The minimum atomic E-state index is -4.02. The van der Waals surface area contributed by atoms with Crippen LogP contribution in [0.25, 0.3) is 0 Å². The van der Waals surface area contributed by atoms with Crippen molar-refractivity contribution in [3.05, 3.63) is 94.0 Å². The van der Waals surface area contributed by atoms with Gasteiger partial charge in [-0.2, -0.15) is 0 Å². The fraction of sp³-hybridized carbons (Fsp3) is 0.522. The van der Waals surface area contributed by atoms with E-state index in [0.29, 0.717) is 57.1 Å². The number of benzene rings is 3. The number of ether oxygens (including phenoxy) is 2. The summed E-state index contributed by atoms with van der Waals surface area (Å²) in [5.41, 5.74) is 3.90. The molecule has 0 unspecified atom stereocenters. The molecule has 2 aliphatic carbocycles. The molecule has 15 heteroatoms. The number of aryl methyl sites for hydroxylation is 1. The van der Waals surface area contributed by atoms with Gasteiger partial charge in [0, 0.05) is 80.2 Å². The number of Topliss-reactive ketones (excluding diaryl/α,β-unsaturated/α-hetero) is 1. The van der Waals surface area contributed by atoms with Crippen molar-refractivity contribution in [3.8, 4) is 5.75 Å². The van der Waals surface area contributed by atoms with Crippen molar-refractivity contribution in [1.82, 2.24) is 9.62 Å². The molecule has 2 fully saturated rings. The zero-order chi connectivity index (χ0) is 43.3. The van der Waals surface area contributed by atoms with E-state index in [4.69, 9.17) is 21.1 Å². The smallest absolute Gasteiger partial charge is 0.489 e. The molecule has 326 valence electrons. The highest BCUT2D eigenvalue weighted by Gasteiger charge is 2.50. The molecule has 2 bridgehead atoms. The lowest BCUT2D eigenvalue weighted by Gasteiger charge is -2.52. The molecule has 6 atom stereocenters. The number of nitrogens with one attached hydrogen (secondary N) is 1. The molecule has 1 amide bonds. The zero-order valence-corrected chi connectivity index (χ0v) is 37.2. The Morgan fingerprint density at radius 1 is 1.03 bits per heavy atom. The number of fused-ring (bicyclic) bond motifs is 4. The number of hydrogen-bond donors (Lipinski definition) is 3. The highest BCUT2D eigenvalue weighted by molar-refractivity contribution is 7.90. The Kier molecular flexibility index (Phi) is 12.4. The number of rotatable bonds is 6. The summed E-state index contributed by atoms with van der Waals surface area (Å²) >= 11 is 6.52. The van der Waals surface area contributed by atoms with Crippen molar-refractivity contribution in [2.75, 3.05) is 69.3 Å². The Hall–Kier alpha value is -3.92. The van der Waals surface area contributed by atoms with Crippen LogP contribution in [0.4, 0.5) is 11.4 Å². The van der Waals surface area contributed by atoms with E-state index in [0.717, 1.165) is 61.6 Å². The second-order valence-corrected chi connectivity index (χ2v) is 20.6. The first-order valence-corrected chi connectivity index (χ1v) is 23.6. The maximum atomic E-state index is 13.7. The number of methoxy groups -OCH3 is 1. The van der Waals surface area contributed by atoms with Crippen molar-refractivity contribution < 1.29 is 37.5 Å². The minimum Gasteiger partial charge on any atom is -0.490 e. The minimum absolute atomic E-state index is 0.152. The van der Waals surface area contributed by atoms with Gasteiger partial charge in [-0.1, -0.05) is 42.8 Å². The average molecular weight is 873 g/mol. The predicted octanol–water partition coefficient (Wildman–Crippen LogP) is 4.97. The molecule has 3 aromatic carbocycles. The molecule has 1 saturated heterocycles. The van der Waals surface area contributed by atoms with E-state index in [1.54, 1.807) is 38.3 Å². The summed E-state index contributed by atoms with van der Waals surface area (Å²) in [7, 11) is -3.96. The number of piperazine rings is 1. The molecule has 5 aliphatic rings. The highest BCUT2D eigenvalue weighted by atomic mass is 35.5. The van der Waals surface area contributed by atoms with Crippen LogP contribution >= 0.6 is 11.6 Å². The number of nitrogens with zero attached hydrogens (tertiary/aromatic N) is 3.